The van der Waals surface area contributed by atoms with Crippen LogP contribution in [0.5, 0.6) is 0 Å². The second-order valence-corrected chi connectivity index (χ2v) is 8.01. The average Bonchev–Trinajstić information content (AvgIpc) is 3.29. The molecule has 6 heteroatoms. The van der Waals surface area contributed by atoms with Gasteiger partial charge >= 0.3 is 0 Å². The van der Waals surface area contributed by atoms with Crippen LogP contribution in [0.15, 0.2) is 91.1 Å². The van der Waals surface area contributed by atoms with E-state index in [4.69, 9.17) is 14.7 Å². The van der Waals surface area contributed by atoms with Crippen molar-refractivity contribution >= 4 is 16.9 Å². The summed E-state index contributed by atoms with van der Waals surface area (Å²) in [7, 11) is 0. The quantitative estimate of drug-likeness (QED) is 0.400. The molecular formula is C27H23N5O. The van der Waals surface area contributed by atoms with Crippen molar-refractivity contribution in [3.05, 3.63) is 91.1 Å². The molecule has 0 bridgehead atoms. The predicted molar refractivity (Wildman–Crippen MR) is 131 cm³/mol. The third-order valence-corrected chi connectivity index (χ3v) is 5.93. The second kappa shape index (κ2) is 8.48. The minimum atomic E-state index is 0.765. The molecule has 0 atom stereocenters. The van der Waals surface area contributed by atoms with Gasteiger partial charge in [-0.2, -0.15) is 0 Å². The van der Waals surface area contributed by atoms with Crippen molar-refractivity contribution in [1.29, 1.82) is 0 Å². The molecule has 162 valence electrons. The van der Waals surface area contributed by atoms with Gasteiger partial charge in [-0.1, -0.05) is 36.4 Å². The van der Waals surface area contributed by atoms with Crippen LogP contribution in [0.4, 0.5) is 5.69 Å². The van der Waals surface area contributed by atoms with Crippen LogP contribution in [0.25, 0.3) is 39.6 Å². The van der Waals surface area contributed by atoms with E-state index in [1.165, 1.54) is 5.69 Å². The highest BCUT2D eigenvalue weighted by molar-refractivity contribution is 5.82. The highest BCUT2D eigenvalue weighted by Crippen LogP contribution is 2.30. The molecule has 0 unspecified atom stereocenters. The van der Waals surface area contributed by atoms with Gasteiger partial charge in [0.25, 0.3) is 0 Å². The number of ether oxygens (including phenoxy) is 1. The van der Waals surface area contributed by atoms with Gasteiger partial charge in [-0.3, -0.25) is 9.55 Å². The van der Waals surface area contributed by atoms with Crippen molar-refractivity contribution in [3.63, 3.8) is 0 Å². The Labute approximate surface area is 192 Å². The topological polar surface area (TPSA) is 56.1 Å². The summed E-state index contributed by atoms with van der Waals surface area (Å²) in [4.78, 5) is 16.9. The van der Waals surface area contributed by atoms with E-state index in [9.17, 15) is 0 Å². The Hall–Kier alpha value is -4.03. The molecule has 0 N–H and O–H groups in total. The monoisotopic (exact) mass is 433 g/mol. The van der Waals surface area contributed by atoms with Crippen LogP contribution in [-0.2, 0) is 4.74 Å². The summed E-state index contributed by atoms with van der Waals surface area (Å²) in [5.74, 6) is 0.781. The lowest BCUT2D eigenvalue weighted by Crippen LogP contribution is -2.36. The summed E-state index contributed by atoms with van der Waals surface area (Å²) in [5, 5.41) is 0. The van der Waals surface area contributed by atoms with Crippen LogP contribution in [0.2, 0.25) is 0 Å². The first-order chi connectivity index (χ1) is 16.4. The molecular weight excluding hydrogens is 410 g/mol. The summed E-state index contributed by atoms with van der Waals surface area (Å²) in [6.07, 6.45) is 1.79. The average molecular weight is 434 g/mol. The summed E-state index contributed by atoms with van der Waals surface area (Å²) in [5.41, 5.74) is 6.68. The van der Waals surface area contributed by atoms with Crippen LogP contribution >= 0.6 is 0 Å². The molecule has 0 spiro atoms. The summed E-state index contributed by atoms with van der Waals surface area (Å²) >= 11 is 0. The number of hydrogen-bond acceptors (Lipinski definition) is 5. The third kappa shape index (κ3) is 3.75. The molecule has 4 heterocycles. The van der Waals surface area contributed by atoms with Crippen molar-refractivity contribution in [3.8, 4) is 28.5 Å². The van der Waals surface area contributed by atoms with Gasteiger partial charge in [0.15, 0.2) is 11.5 Å². The second-order valence-electron chi connectivity index (χ2n) is 8.01. The summed E-state index contributed by atoms with van der Waals surface area (Å²) in [6.45, 7) is 3.34. The van der Waals surface area contributed by atoms with E-state index in [-0.39, 0.29) is 0 Å². The van der Waals surface area contributed by atoms with Crippen molar-refractivity contribution < 1.29 is 4.74 Å². The van der Waals surface area contributed by atoms with E-state index in [0.29, 0.717) is 0 Å². The molecule has 6 nitrogen and oxygen atoms in total. The zero-order chi connectivity index (χ0) is 22.0. The molecule has 1 aliphatic heterocycles. The highest BCUT2D eigenvalue weighted by Gasteiger charge is 2.18. The standard InChI is InChI=1S/C27H23N5O/c1-2-8-21(9-3-1)32-26(24-11-4-5-14-28-24)30-25-13-12-23(29-27(25)32)20-7-6-10-22(19-20)31-15-17-33-18-16-31/h1-14,19H,15-18H2. The first kappa shape index (κ1) is 19.6. The Morgan fingerprint density at radius 3 is 2.33 bits per heavy atom. The molecule has 1 fully saturated rings. The smallest absolute Gasteiger partial charge is 0.165 e. The molecule has 0 aliphatic carbocycles. The van der Waals surface area contributed by atoms with E-state index >= 15 is 0 Å². The third-order valence-electron chi connectivity index (χ3n) is 5.93. The maximum atomic E-state index is 5.51. The number of imidazole rings is 1. The number of hydrogen-bond donors (Lipinski definition) is 0. The van der Waals surface area contributed by atoms with Gasteiger partial charge in [-0.25, -0.2) is 9.97 Å². The molecule has 6 rings (SSSR count). The number of benzene rings is 2. The van der Waals surface area contributed by atoms with Crippen molar-refractivity contribution in [1.82, 2.24) is 19.5 Å². The Bertz CT molecular complexity index is 1390. The maximum absolute atomic E-state index is 5.51. The van der Waals surface area contributed by atoms with Crippen LogP contribution in [0, 0.1) is 0 Å². The molecule has 0 amide bonds. The number of fused-ring (bicyclic) bond motifs is 1. The van der Waals surface area contributed by atoms with Crippen molar-refractivity contribution in [2.24, 2.45) is 0 Å². The van der Waals surface area contributed by atoms with Gasteiger partial charge in [0.2, 0.25) is 0 Å². The van der Waals surface area contributed by atoms with Crippen LogP contribution in [0.3, 0.4) is 0 Å². The first-order valence-corrected chi connectivity index (χ1v) is 11.2. The first-order valence-electron chi connectivity index (χ1n) is 11.2. The largest absolute Gasteiger partial charge is 0.378 e. The van der Waals surface area contributed by atoms with E-state index < -0.39 is 0 Å². The molecule has 33 heavy (non-hydrogen) atoms. The Morgan fingerprint density at radius 2 is 1.52 bits per heavy atom. The molecule has 1 aliphatic rings. The minimum Gasteiger partial charge on any atom is -0.378 e. The van der Waals surface area contributed by atoms with Crippen molar-refractivity contribution in [2.45, 2.75) is 0 Å². The maximum Gasteiger partial charge on any atom is 0.165 e. The molecule has 5 aromatic rings. The number of nitrogens with zero attached hydrogens (tertiary/aromatic N) is 5. The van der Waals surface area contributed by atoms with Gasteiger partial charge in [0.1, 0.15) is 11.2 Å². The number of anilines is 1. The van der Waals surface area contributed by atoms with Gasteiger partial charge in [0, 0.05) is 36.2 Å². The van der Waals surface area contributed by atoms with Gasteiger partial charge in [-0.15, -0.1) is 0 Å². The zero-order valence-electron chi connectivity index (χ0n) is 18.1. The number of pyridine rings is 2. The lowest BCUT2D eigenvalue weighted by Gasteiger charge is -2.29. The lowest BCUT2D eigenvalue weighted by atomic mass is 10.1. The minimum absolute atomic E-state index is 0.765. The Balaban J connectivity index is 1.50. The van der Waals surface area contributed by atoms with Gasteiger partial charge in [-0.05, 0) is 48.5 Å². The molecule has 0 radical (unpaired) electrons. The fraction of sp³-hybridized carbons (Fsp3) is 0.148. The number of morpholine rings is 1. The molecule has 0 saturated carbocycles. The van der Waals surface area contributed by atoms with E-state index in [1.54, 1.807) is 6.20 Å². The predicted octanol–water partition coefficient (Wildman–Crippen LogP) is 4.99. The normalized spacial score (nSPS) is 14.0. The van der Waals surface area contributed by atoms with Gasteiger partial charge < -0.3 is 9.64 Å². The van der Waals surface area contributed by atoms with E-state index in [1.807, 2.05) is 48.5 Å². The summed E-state index contributed by atoms with van der Waals surface area (Å²) < 4.78 is 7.60. The lowest BCUT2D eigenvalue weighted by molar-refractivity contribution is 0.122. The Kier molecular flexibility index (Phi) is 5.05. The molecule has 3 aromatic heterocycles. The highest BCUT2D eigenvalue weighted by atomic mass is 16.5. The van der Waals surface area contributed by atoms with E-state index in [0.717, 1.165) is 65.9 Å². The summed E-state index contributed by atoms with van der Waals surface area (Å²) in [6, 6.07) is 28.7. The number of aromatic nitrogens is 4. The number of rotatable bonds is 4. The molecule has 1 saturated heterocycles. The number of para-hydroxylation sites is 1. The van der Waals surface area contributed by atoms with Gasteiger partial charge in [0.05, 0.1) is 18.9 Å². The Morgan fingerprint density at radius 1 is 0.697 bits per heavy atom. The SMILES string of the molecule is c1ccc(-n2c(-c3ccccn3)nc3ccc(-c4cccc(N5CCOCC5)c4)nc32)cc1. The van der Waals surface area contributed by atoms with Crippen LogP contribution < -0.4 is 4.90 Å². The zero-order valence-corrected chi connectivity index (χ0v) is 18.1. The fourth-order valence-corrected chi connectivity index (χ4v) is 4.29. The van der Waals surface area contributed by atoms with E-state index in [2.05, 4.69) is 50.8 Å². The molecule has 2 aromatic carbocycles. The fourth-order valence-electron chi connectivity index (χ4n) is 4.29. The van der Waals surface area contributed by atoms with Crippen molar-refractivity contribution in [2.75, 3.05) is 31.2 Å². The van der Waals surface area contributed by atoms with Crippen LogP contribution in [-0.4, -0.2) is 45.8 Å². The van der Waals surface area contributed by atoms with Crippen LogP contribution in [0.1, 0.15) is 0 Å².